The molecule has 8 heteroatoms. The predicted molar refractivity (Wildman–Crippen MR) is 141 cm³/mol. The molecule has 208 valence electrons. The zero-order valence-corrected chi connectivity index (χ0v) is 23.1. The number of piperazine rings is 1. The van der Waals surface area contributed by atoms with Crippen molar-refractivity contribution in [1.82, 2.24) is 14.7 Å². The Bertz CT molecular complexity index is 872. The number of hydrogen-bond donors (Lipinski definition) is 0. The molecule has 2 aliphatic carbocycles. The summed E-state index contributed by atoms with van der Waals surface area (Å²) >= 11 is 0. The molecule has 0 aromatic carbocycles. The molecule has 1 saturated carbocycles. The summed E-state index contributed by atoms with van der Waals surface area (Å²) < 4.78 is 32.2. The van der Waals surface area contributed by atoms with Gasteiger partial charge in [0.25, 0.3) is 0 Å². The van der Waals surface area contributed by atoms with Crippen molar-refractivity contribution in [3.05, 3.63) is 23.7 Å². The monoisotopic (exact) mass is 519 g/mol. The maximum absolute atomic E-state index is 15.0. The summed E-state index contributed by atoms with van der Waals surface area (Å²) in [5.74, 6) is 0.415. The lowest BCUT2D eigenvalue weighted by atomic mass is 9.70. The van der Waals surface area contributed by atoms with Crippen molar-refractivity contribution < 1.29 is 23.4 Å². The number of halogens is 1. The molecule has 3 aliphatic heterocycles. The van der Waals surface area contributed by atoms with E-state index in [-0.39, 0.29) is 28.9 Å². The molecule has 37 heavy (non-hydrogen) atoms. The SMILES string of the molecule is CCOC(=O)N1CC2(CCC(N3CCN(C4=CC(F)=CCC(CC)C4C4(OC)CCOCC4)CC3)C2)C1. The van der Waals surface area contributed by atoms with Crippen LogP contribution in [-0.2, 0) is 14.2 Å². The number of methoxy groups -OCH3 is 1. The molecule has 3 heterocycles. The van der Waals surface area contributed by atoms with Crippen molar-refractivity contribution in [2.24, 2.45) is 17.3 Å². The number of carbonyl (C=O) groups excluding carboxylic acids is 1. The number of amides is 1. The maximum Gasteiger partial charge on any atom is 0.409 e. The molecule has 5 rings (SSSR count). The Morgan fingerprint density at radius 2 is 1.86 bits per heavy atom. The number of hydrogen-bond acceptors (Lipinski definition) is 6. The fourth-order valence-corrected chi connectivity index (χ4v) is 7.91. The van der Waals surface area contributed by atoms with Crippen molar-refractivity contribution in [3.8, 4) is 0 Å². The van der Waals surface area contributed by atoms with Gasteiger partial charge in [-0.2, -0.15) is 0 Å². The third-order valence-corrected chi connectivity index (χ3v) is 9.98. The van der Waals surface area contributed by atoms with Crippen molar-refractivity contribution in [2.45, 2.75) is 70.4 Å². The second-order valence-electron chi connectivity index (χ2n) is 11.9. The van der Waals surface area contributed by atoms with Crippen molar-refractivity contribution >= 4 is 6.09 Å². The van der Waals surface area contributed by atoms with Crippen LogP contribution in [0.15, 0.2) is 23.7 Å². The van der Waals surface area contributed by atoms with Crippen LogP contribution in [0.25, 0.3) is 0 Å². The summed E-state index contributed by atoms with van der Waals surface area (Å²) in [5, 5.41) is 0. The molecule has 3 atom stereocenters. The zero-order valence-electron chi connectivity index (χ0n) is 23.1. The van der Waals surface area contributed by atoms with Crippen LogP contribution in [-0.4, -0.2) is 98.6 Å². The van der Waals surface area contributed by atoms with Gasteiger partial charge >= 0.3 is 6.09 Å². The summed E-state index contributed by atoms with van der Waals surface area (Å²) in [4.78, 5) is 19.0. The molecule has 4 fully saturated rings. The summed E-state index contributed by atoms with van der Waals surface area (Å²) in [6, 6.07) is 0.575. The van der Waals surface area contributed by atoms with E-state index in [4.69, 9.17) is 14.2 Å². The molecule has 5 aliphatic rings. The van der Waals surface area contributed by atoms with E-state index in [2.05, 4.69) is 16.7 Å². The third kappa shape index (κ3) is 5.30. The van der Waals surface area contributed by atoms with E-state index in [0.717, 1.165) is 77.1 Å². The molecular weight excluding hydrogens is 473 g/mol. The van der Waals surface area contributed by atoms with Crippen LogP contribution in [0.3, 0.4) is 0 Å². The lowest BCUT2D eigenvalue weighted by molar-refractivity contribution is -0.133. The molecule has 1 amide bonds. The number of rotatable bonds is 6. The summed E-state index contributed by atoms with van der Waals surface area (Å²) in [6.07, 6.45) is 10.5. The molecular formula is C29H46FN3O4. The van der Waals surface area contributed by atoms with Gasteiger partial charge in [0.1, 0.15) is 5.83 Å². The topological polar surface area (TPSA) is 54.5 Å². The van der Waals surface area contributed by atoms with Crippen LogP contribution >= 0.6 is 0 Å². The Hall–Kier alpha value is -1.64. The van der Waals surface area contributed by atoms with Gasteiger partial charge in [0.2, 0.25) is 0 Å². The van der Waals surface area contributed by atoms with Crippen molar-refractivity contribution in [3.63, 3.8) is 0 Å². The Balaban J connectivity index is 1.24. The number of allylic oxidation sites excluding steroid dienone is 3. The lowest BCUT2D eigenvalue weighted by Gasteiger charge is -2.50. The van der Waals surface area contributed by atoms with E-state index in [0.29, 0.717) is 31.8 Å². The standard InChI is InChI=1S/C29H46FN3O4/c1-4-22-6-7-23(30)18-25(26(22)29(35-3)10-16-36-17-11-29)32-14-12-31(13-15-32)24-8-9-28(19-24)20-33(21-28)27(34)37-5-2/h7,18,22,24,26H,4-6,8-17,19-21H2,1-3H3. The Kier molecular flexibility index (Phi) is 8.18. The third-order valence-electron chi connectivity index (χ3n) is 9.98. The average molecular weight is 520 g/mol. The zero-order chi connectivity index (χ0) is 26.0. The van der Waals surface area contributed by atoms with E-state index >= 15 is 0 Å². The van der Waals surface area contributed by atoms with E-state index in [1.165, 1.54) is 12.8 Å². The number of nitrogens with zero attached hydrogens (tertiary/aromatic N) is 3. The highest BCUT2D eigenvalue weighted by atomic mass is 19.1. The van der Waals surface area contributed by atoms with E-state index in [9.17, 15) is 9.18 Å². The highest BCUT2D eigenvalue weighted by molar-refractivity contribution is 5.69. The van der Waals surface area contributed by atoms with Crippen LogP contribution in [0.1, 0.15) is 58.8 Å². The maximum atomic E-state index is 15.0. The summed E-state index contributed by atoms with van der Waals surface area (Å²) in [6.45, 7) is 11.4. The highest BCUT2D eigenvalue weighted by Crippen LogP contribution is 2.49. The van der Waals surface area contributed by atoms with Crippen molar-refractivity contribution in [1.29, 1.82) is 0 Å². The smallest absolute Gasteiger partial charge is 0.409 e. The minimum absolute atomic E-state index is 0.106. The molecule has 0 aromatic rings. The first-order valence-electron chi connectivity index (χ1n) is 14.5. The molecule has 0 radical (unpaired) electrons. The summed E-state index contributed by atoms with van der Waals surface area (Å²) in [7, 11) is 1.84. The molecule has 3 saturated heterocycles. The van der Waals surface area contributed by atoms with Crippen LogP contribution in [0.2, 0.25) is 0 Å². The van der Waals surface area contributed by atoms with Gasteiger partial charge in [0.05, 0.1) is 12.2 Å². The van der Waals surface area contributed by atoms with Gasteiger partial charge in [-0.1, -0.05) is 13.3 Å². The van der Waals surface area contributed by atoms with E-state index in [1.807, 2.05) is 25.0 Å². The number of carbonyl (C=O) groups is 1. The lowest BCUT2D eigenvalue weighted by Crippen LogP contribution is -2.58. The Morgan fingerprint density at radius 3 is 2.51 bits per heavy atom. The highest BCUT2D eigenvalue weighted by Gasteiger charge is 2.52. The second-order valence-corrected chi connectivity index (χ2v) is 11.9. The van der Waals surface area contributed by atoms with Crippen LogP contribution < -0.4 is 0 Å². The molecule has 3 unspecified atom stereocenters. The van der Waals surface area contributed by atoms with Crippen LogP contribution in [0.5, 0.6) is 0 Å². The first-order chi connectivity index (χ1) is 17.9. The normalized spacial score (nSPS) is 31.9. The largest absolute Gasteiger partial charge is 0.450 e. The van der Waals surface area contributed by atoms with Gasteiger partial charge in [-0.25, -0.2) is 9.18 Å². The average Bonchev–Trinajstić information content (AvgIpc) is 3.28. The second kappa shape index (κ2) is 11.2. The Labute approximate surface area is 221 Å². The van der Waals surface area contributed by atoms with Gasteiger partial charge in [-0.3, -0.25) is 4.90 Å². The Morgan fingerprint density at radius 1 is 1.14 bits per heavy atom. The van der Waals surface area contributed by atoms with Crippen LogP contribution in [0, 0.1) is 17.3 Å². The first-order valence-corrected chi connectivity index (χ1v) is 14.5. The number of ether oxygens (including phenoxy) is 3. The summed E-state index contributed by atoms with van der Waals surface area (Å²) in [5.41, 5.74) is 1.11. The fourth-order valence-electron chi connectivity index (χ4n) is 7.91. The van der Waals surface area contributed by atoms with Crippen LogP contribution in [0.4, 0.5) is 9.18 Å². The van der Waals surface area contributed by atoms with Gasteiger partial charge < -0.3 is 24.0 Å². The number of likely N-dealkylation sites (tertiary alicyclic amines) is 1. The van der Waals surface area contributed by atoms with Gasteiger partial charge in [0.15, 0.2) is 0 Å². The minimum atomic E-state index is -0.298. The molecule has 1 spiro atoms. The van der Waals surface area contributed by atoms with Gasteiger partial charge in [-0.05, 0) is 50.7 Å². The van der Waals surface area contributed by atoms with E-state index < -0.39 is 0 Å². The fraction of sp³-hybridized carbons (Fsp3) is 0.828. The van der Waals surface area contributed by atoms with Gasteiger partial charge in [0, 0.05) is 95.5 Å². The quantitative estimate of drug-likeness (QED) is 0.512. The minimum Gasteiger partial charge on any atom is -0.450 e. The molecule has 0 N–H and O–H groups in total. The molecule has 0 aromatic heterocycles. The van der Waals surface area contributed by atoms with Crippen molar-refractivity contribution in [2.75, 3.05) is 66.2 Å². The first kappa shape index (κ1) is 26.9. The van der Waals surface area contributed by atoms with Gasteiger partial charge in [-0.15, -0.1) is 0 Å². The predicted octanol–water partition coefficient (Wildman–Crippen LogP) is 4.59. The van der Waals surface area contributed by atoms with E-state index in [1.54, 1.807) is 6.08 Å². The molecule has 0 bridgehead atoms. The molecule has 7 nitrogen and oxygen atoms in total.